The summed E-state index contributed by atoms with van der Waals surface area (Å²) >= 11 is 0. The van der Waals surface area contributed by atoms with E-state index in [0.717, 1.165) is 0 Å². The van der Waals surface area contributed by atoms with Crippen molar-refractivity contribution in [1.82, 2.24) is 5.32 Å². The van der Waals surface area contributed by atoms with Crippen LogP contribution in [0, 0.1) is 5.92 Å². The lowest BCUT2D eigenvalue weighted by molar-refractivity contribution is -0.142. The SMILES string of the molecule is NCCCC(=O)NC1COCC1C(=O)O. The van der Waals surface area contributed by atoms with Crippen LogP contribution in [0.15, 0.2) is 0 Å². The number of carboxylic acids is 1. The summed E-state index contributed by atoms with van der Waals surface area (Å²) in [6.07, 6.45) is 0.941. The van der Waals surface area contributed by atoms with Crippen LogP contribution in [-0.2, 0) is 14.3 Å². The van der Waals surface area contributed by atoms with Gasteiger partial charge >= 0.3 is 5.97 Å². The second kappa shape index (κ2) is 5.67. The van der Waals surface area contributed by atoms with Crippen LogP contribution in [0.5, 0.6) is 0 Å². The molecule has 0 aliphatic carbocycles. The van der Waals surface area contributed by atoms with Gasteiger partial charge in [-0.15, -0.1) is 0 Å². The van der Waals surface area contributed by atoms with Gasteiger partial charge in [0.05, 0.1) is 19.3 Å². The lowest BCUT2D eigenvalue weighted by atomic mass is 10.0. The first-order valence-electron chi connectivity index (χ1n) is 4.95. The van der Waals surface area contributed by atoms with Crippen LogP contribution in [0.2, 0.25) is 0 Å². The molecule has 1 aliphatic heterocycles. The van der Waals surface area contributed by atoms with Crippen molar-refractivity contribution in [3.63, 3.8) is 0 Å². The van der Waals surface area contributed by atoms with Gasteiger partial charge in [0.2, 0.25) is 5.91 Å². The zero-order valence-electron chi connectivity index (χ0n) is 8.44. The fourth-order valence-electron chi connectivity index (χ4n) is 1.48. The summed E-state index contributed by atoms with van der Waals surface area (Å²) in [6.45, 7) is 0.888. The first-order valence-corrected chi connectivity index (χ1v) is 4.95. The minimum atomic E-state index is -0.934. The van der Waals surface area contributed by atoms with Crippen molar-refractivity contribution >= 4 is 11.9 Å². The zero-order chi connectivity index (χ0) is 11.3. The molecule has 0 saturated carbocycles. The van der Waals surface area contributed by atoms with Crippen LogP contribution >= 0.6 is 0 Å². The summed E-state index contributed by atoms with van der Waals surface area (Å²) in [5, 5.41) is 11.5. The van der Waals surface area contributed by atoms with Crippen LogP contribution < -0.4 is 11.1 Å². The number of nitrogens with one attached hydrogen (secondary N) is 1. The second-order valence-corrected chi connectivity index (χ2v) is 3.55. The number of aliphatic carboxylic acids is 1. The van der Waals surface area contributed by atoms with Gasteiger partial charge in [0.25, 0.3) is 0 Å². The third-order valence-electron chi connectivity index (χ3n) is 2.35. The first-order chi connectivity index (χ1) is 7.15. The monoisotopic (exact) mass is 216 g/mol. The minimum Gasteiger partial charge on any atom is -0.481 e. The van der Waals surface area contributed by atoms with E-state index in [1.54, 1.807) is 0 Å². The molecule has 0 bridgehead atoms. The molecule has 2 unspecified atom stereocenters. The Balaban J connectivity index is 2.36. The molecule has 2 atom stereocenters. The molecule has 1 aliphatic rings. The molecule has 86 valence electrons. The summed E-state index contributed by atoms with van der Waals surface area (Å²) in [7, 11) is 0. The Hall–Kier alpha value is -1.14. The Morgan fingerprint density at radius 1 is 1.47 bits per heavy atom. The van der Waals surface area contributed by atoms with Gasteiger partial charge in [0, 0.05) is 6.42 Å². The van der Waals surface area contributed by atoms with E-state index in [4.69, 9.17) is 15.6 Å². The van der Waals surface area contributed by atoms with E-state index in [0.29, 0.717) is 19.4 Å². The van der Waals surface area contributed by atoms with Crippen molar-refractivity contribution in [3.8, 4) is 0 Å². The maximum Gasteiger partial charge on any atom is 0.311 e. The molecule has 1 saturated heterocycles. The van der Waals surface area contributed by atoms with Crippen LogP contribution in [-0.4, -0.2) is 42.8 Å². The van der Waals surface area contributed by atoms with Gasteiger partial charge in [-0.2, -0.15) is 0 Å². The maximum atomic E-state index is 11.3. The molecule has 0 aromatic carbocycles. The lowest BCUT2D eigenvalue weighted by Crippen LogP contribution is -2.42. The highest BCUT2D eigenvalue weighted by molar-refractivity contribution is 5.78. The van der Waals surface area contributed by atoms with Crippen LogP contribution in [0.1, 0.15) is 12.8 Å². The summed E-state index contributed by atoms with van der Waals surface area (Å²) in [6, 6.07) is -0.409. The summed E-state index contributed by atoms with van der Waals surface area (Å²) in [5.74, 6) is -1.73. The third-order valence-corrected chi connectivity index (χ3v) is 2.35. The Morgan fingerprint density at radius 2 is 2.20 bits per heavy atom. The number of amides is 1. The number of ether oxygens (including phenoxy) is 1. The van der Waals surface area contributed by atoms with Crippen LogP contribution in [0.25, 0.3) is 0 Å². The van der Waals surface area contributed by atoms with Gasteiger partial charge in [-0.1, -0.05) is 0 Å². The highest BCUT2D eigenvalue weighted by Crippen LogP contribution is 2.13. The summed E-state index contributed by atoms with van der Waals surface area (Å²) in [4.78, 5) is 22.1. The molecular weight excluding hydrogens is 200 g/mol. The minimum absolute atomic E-state index is 0.164. The number of hydrogen-bond donors (Lipinski definition) is 3. The van der Waals surface area contributed by atoms with E-state index in [9.17, 15) is 9.59 Å². The van der Waals surface area contributed by atoms with E-state index in [2.05, 4.69) is 5.32 Å². The van der Waals surface area contributed by atoms with Gasteiger partial charge in [0.1, 0.15) is 5.92 Å². The standard InChI is InChI=1S/C9H16N2O4/c10-3-1-2-8(12)11-7-5-15-4-6(7)9(13)14/h6-7H,1-5,10H2,(H,11,12)(H,13,14). The van der Waals surface area contributed by atoms with Crippen molar-refractivity contribution in [2.45, 2.75) is 18.9 Å². The molecule has 0 aromatic heterocycles. The number of nitrogens with two attached hydrogens (primary N) is 1. The van der Waals surface area contributed by atoms with Crippen molar-refractivity contribution in [3.05, 3.63) is 0 Å². The third kappa shape index (κ3) is 3.49. The fraction of sp³-hybridized carbons (Fsp3) is 0.778. The molecule has 0 radical (unpaired) electrons. The molecule has 15 heavy (non-hydrogen) atoms. The quantitative estimate of drug-likeness (QED) is 0.543. The highest BCUT2D eigenvalue weighted by atomic mass is 16.5. The average molecular weight is 216 g/mol. The highest BCUT2D eigenvalue weighted by Gasteiger charge is 2.34. The van der Waals surface area contributed by atoms with Gasteiger partial charge in [-0.3, -0.25) is 9.59 Å². The van der Waals surface area contributed by atoms with Crippen molar-refractivity contribution < 1.29 is 19.4 Å². The number of rotatable bonds is 5. The molecule has 1 rings (SSSR count). The van der Waals surface area contributed by atoms with E-state index in [1.165, 1.54) is 0 Å². The van der Waals surface area contributed by atoms with E-state index in [1.807, 2.05) is 0 Å². The molecule has 0 aromatic rings. The number of carbonyl (C=O) groups excluding carboxylic acids is 1. The smallest absolute Gasteiger partial charge is 0.311 e. The molecule has 6 heteroatoms. The number of hydrogen-bond acceptors (Lipinski definition) is 4. The van der Waals surface area contributed by atoms with Crippen molar-refractivity contribution in [2.75, 3.05) is 19.8 Å². The van der Waals surface area contributed by atoms with Gasteiger partial charge in [0.15, 0.2) is 0 Å². The number of carboxylic acid groups (broad SMARTS) is 1. The molecule has 1 amide bonds. The van der Waals surface area contributed by atoms with E-state index >= 15 is 0 Å². The predicted octanol–water partition coefficient (Wildman–Crippen LogP) is -1.06. The summed E-state index contributed by atoms with van der Waals surface area (Å²) in [5.41, 5.74) is 5.26. The Kier molecular flexibility index (Phi) is 4.51. The fourth-order valence-corrected chi connectivity index (χ4v) is 1.48. The first kappa shape index (κ1) is 11.9. The summed E-state index contributed by atoms with van der Waals surface area (Å²) < 4.78 is 5.02. The molecule has 0 spiro atoms. The molecular formula is C9H16N2O4. The molecule has 1 fully saturated rings. The van der Waals surface area contributed by atoms with E-state index in [-0.39, 0.29) is 19.1 Å². The Labute approximate surface area is 87.8 Å². The van der Waals surface area contributed by atoms with Gasteiger partial charge < -0.3 is 20.9 Å². The topological polar surface area (TPSA) is 102 Å². The number of carbonyl (C=O) groups is 2. The predicted molar refractivity (Wildman–Crippen MR) is 52.2 cm³/mol. The van der Waals surface area contributed by atoms with Crippen molar-refractivity contribution in [1.29, 1.82) is 0 Å². The molecule has 4 N–H and O–H groups in total. The van der Waals surface area contributed by atoms with Gasteiger partial charge in [-0.05, 0) is 13.0 Å². The maximum absolute atomic E-state index is 11.3. The molecule has 1 heterocycles. The average Bonchev–Trinajstić information content (AvgIpc) is 2.62. The lowest BCUT2D eigenvalue weighted by Gasteiger charge is -2.15. The Morgan fingerprint density at radius 3 is 2.80 bits per heavy atom. The van der Waals surface area contributed by atoms with Crippen molar-refractivity contribution in [2.24, 2.45) is 11.7 Å². The molecule has 6 nitrogen and oxygen atoms in total. The zero-order valence-corrected chi connectivity index (χ0v) is 8.44. The second-order valence-electron chi connectivity index (χ2n) is 3.55. The van der Waals surface area contributed by atoms with Gasteiger partial charge in [-0.25, -0.2) is 0 Å². The largest absolute Gasteiger partial charge is 0.481 e. The van der Waals surface area contributed by atoms with Crippen LogP contribution in [0.4, 0.5) is 0 Å². The normalized spacial score (nSPS) is 25.1. The Bertz CT molecular complexity index is 244. The van der Waals surface area contributed by atoms with Crippen LogP contribution in [0.3, 0.4) is 0 Å². The van der Waals surface area contributed by atoms with E-state index < -0.39 is 17.9 Å².